The SMILES string of the molecule is C[C@H]1[C@@H](N(C)CCCCCc2ccc3c(n2)N(C(=O)OC(C)(C)C)CCC3)CCN1C(=O)OC(C)(C)C. The van der Waals surface area contributed by atoms with Gasteiger partial charge in [0.05, 0.1) is 0 Å². The maximum absolute atomic E-state index is 12.7. The molecular weight excluding hydrogens is 468 g/mol. The Morgan fingerprint density at radius 3 is 2.35 bits per heavy atom. The molecule has 0 aliphatic carbocycles. The predicted molar refractivity (Wildman–Crippen MR) is 147 cm³/mol. The van der Waals surface area contributed by atoms with E-state index in [-0.39, 0.29) is 18.2 Å². The maximum Gasteiger partial charge on any atom is 0.416 e. The van der Waals surface area contributed by atoms with Crippen molar-refractivity contribution in [2.45, 2.75) is 117 Å². The first-order chi connectivity index (χ1) is 17.2. The molecule has 0 radical (unpaired) electrons. The number of aromatic nitrogens is 1. The number of amides is 2. The Labute approximate surface area is 223 Å². The lowest BCUT2D eigenvalue weighted by Crippen LogP contribution is -2.45. The number of ether oxygens (including phenoxy) is 2. The molecule has 3 rings (SSSR count). The van der Waals surface area contributed by atoms with Crippen LogP contribution in [0.4, 0.5) is 15.4 Å². The van der Waals surface area contributed by atoms with Gasteiger partial charge in [-0.1, -0.05) is 12.5 Å². The maximum atomic E-state index is 12.7. The lowest BCUT2D eigenvalue weighted by atomic mass is 10.0. The zero-order valence-electron chi connectivity index (χ0n) is 24.3. The number of rotatable bonds is 7. The van der Waals surface area contributed by atoms with Gasteiger partial charge in [0.2, 0.25) is 0 Å². The number of nitrogens with zero attached hydrogens (tertiary/aromatic N) is 4. The number of likely N-dealkylation sites (N-methyl/N-ethyl adjacent to an activating group) is 1. The van der Waals surface area contributed by atoms with Gasteiger partial charge in [0.15, 0.2) is 0 Å². The summed E-state index contributed by atoms with van der Waals surface area (Å²) in [5.74, 6) is 0.766. The molecule has 1 saturated heterocycles. The minimum Gasteiger partial charge on any atom is -0.444 e. The zero-order valence-corrected chi connectivity index (χ0v) is 24.3. The molecule has 2 aliphatic rings. The number of carbonyl (C=O) groups excluding carboxylic acids is 2. The van der Waals surface area contributed by atoms with Gasteiger partial charge < -0.3 is 19.3 Å². The summed E-state index contributed by atoms with van der Waals surface area (Å²) >= 11 is 0. The van der Waals surface area contributed by atoms with E-state index in [0.717, 1.165) is 75.1 Å². The molecule has 0 spiro atoms. The van der Waals surface area contributed by atoms with Gasteiger partial charge in [-0.3, -0.25) is 4.90 Å². The quantitative estimate of drug-likeness (QED) is 0.426. The third-order valence-electron chi connectivity index (χ3n) is 7.06. The van der Waals surface area contributed by atoms with Gasteiger partial charge in [0, 0.05) is 30.9 Å². The van der Waals surface area contributed by atoms with Crippen molar-refractivity contribution in [3.8, 4) is 0 Å². The number of hydrogen-bond donors (Lipinski definition) is 0. The van der Waals surface area contributed by atoms with Gasteiger partial charge in [-0.25, -0.2) is 14.6 Å². The molecule has 3 heterocycles. The highest BCUT2D eigenvalue weighted by Gasteiger charge is 2.38. The summed E-state index contributed by atoms with van der Waals surface area (Å²) in [6, 6.07) is 4.73. The van der Waals surface area contributed by atoms with Crippen LogP contribution in [0, 0.1) is 0 Å². The highest BCUT2D eigenvalue weighted by atomic mass is 16.6. The van der Waals surface area contributed by atoms with E-state index < -0.39 is 11.2 Å². The molecule has 208 valence electrons. The fourth-order valence-corrected chi connectivity index (χ4v) is 5.21. The van der Waals surface area contributed by atoms with Crippen molar-refractivity contribution in [3.05, 3.63) is 23.4 Å². The molecule has 1 aromatic heterocycles. The van der Waals surface area contributed by atoms with Crippen LogP contribution in [0.2, 0.25) is 0 Å². The summed E-state index contributed by atoms with van der Waals surface area (Å²) in [7, 11) is 2.16. The molecule has 0 unspecified atom stereocenters. The van der Waals surface area contributed by atoms with E-state index in [1.807, 2.05) is 46.4 Å². The highest BCUT2D eigenvalue weighted by molar-refractivity contribution is 5.88. The lowest BCUT2D eigenvalue weighted by Gasteiger charge is -2.32. The van der Waals surface area contributed by atoms with E-state index in [2.05, 4.69) is 31.0 Å². The van der Waals surface area contributed by atoms with E-state index in [9.17, 15) is 9.59 Å². The number of pyridine rings is 1. The summed E-state index contributed by atoms with van der Waals surface area (Å²) < 4.78 is 11.2. The Morgan fingerprint density at radius 1 is 1.00 bits per heavy atom. The predicted octanol–water partition coefficient (Wildman–Crippen LogP) is 5.81. The summed E-state index contributed by atoms with van der Waals surface area (Å²) in [5, 5.41) is 0. The molecule has 2 aliphatic heterocycles. The van der Waals surface area contributed by atoms with Gasteiger partial charge >= 0.3 is 12.2 Å². The van der Waals surface area contributed by atoms with E-state index >= 15 is 0 Å². The second-order valence-electron chi connectivity index (χ2n) is 12.6. The van der Waals surface area contributed by atoms with E-state index in [1.165, 1.54) is 0 Å². The molecule has 0 bridgehead atoms. The Kier molecular flexibility index (Phi) is 9.48. The average Bonchev–Trinajstić information content (AvgIpc) is 3.17. The van der Waals surface area contributed by atoms with Gasteiger partial charge in [-0.15, -0.1) is 0 Å². The summed E-state index contributed by atoms with van der Waals surface area (Å²) in [6.07, 6.45) is 6.48. The first kappa shape index (κ1) is 29.2. The van der Waals surface area contributed by atoms with Crippen LogP contribution in [0.1, 0.15) is 91.8 Å². The first-order valence-electron chi connectivity index (χ1n) is 13.9. The fraction of sp³-hybridized carbons (Fsp3) is 0.759. The van der Waals surface area contributed by atoms with Crippen molar-refractivity contribution in [1.29, 1.82) is 0 Å². The largest absolute Gasteiger partial charge is 0.444 e. The number of fused-ring (bicyclic) bond motifs is 1. The minimum absolute atomic E-state index is 0.146. The first-order valence-corrected chi connectivity index (χ1v) is 13.9. The molecule has 1 aromatic rings. The van der Waals surface area contributed by atoms with Gasteiger partial charge in [0.25, 0.3) is 0 Å². The van der Waals surface area contributed by atoms with E-state index in [1.54, 1.807) is 4.90 Å². The zero-order chi connectivity index (χ0) is 27.4. The minimum atomic E-state index is -0.524. The van der Waals surface area contributed by atoms with Crippen LogP contribution in [0.5, 0.6) is 0 Å². The third kappa shape index (κ3) is 8.32. The molecule has 8 heteroatoms. The van der Waals surface area contributed by atoms with Crippen molar-refractivity contribution in [1.82, 2.24) is 14.8 Å². The van der Waals surface area contributed by atoms with Crippen molar-refractivity contribution in [3.63, 3.8) is 0 Å². The van der Waals surface area contributed by atoms with E-state index in [4.69, 9.17) is 14.5 Å². The molecule has 8 nitrogen and oxygen atoms in total. The monoisotopic (exact) mass is 516 g/mol. The van der Waals surface area contributed by atoms with Crippen molar-refractivity contribution >= 4 is 18.0 Å². The summed E-state index contributed by atoms with van der Waals surface area (Å²) in [6.45, 7) is 15.9. The van der Waals surface area contributed by atoms with Crippen molar-refractivity contribution in [2.75, 3.05) is 31.6 Å². The summed E-state index contributed by atoms with van der Waals surface area (Å²) in [5.41, 5.74) is 1.15. The Morgan fingerprint density at radius 2 is 1.68 bits per heavy atom. The highest BCUT2D eigenvalue weighted by Crippen LogP contribution is 2.28. The standard InChI is InChI=1S/C29H48N4O4/c1-21-24(17-20-32(21)26(34)36-28(2,3)4)31(8)18-11-9-10-14-23-16-15-22-13-12-19-33(25(22)30-23)27(35)37-29(5,6)7/h15-16,21,24H,9-14,17-20H2,1-8H3/t21-,24-/m0/s1. The van der Waals surface area contributed by atoms with E-state index in [0.29, 0.717) is 12.6 Å². The number of hydrogen-bond acceptors (Lipinski definition) is 6. The number of likely N-dealkylation sites (tertiary alicyclic amines) is 1. The number of aryl methyl sites for hydroxylation is 2. The summed E-state index contributed by atoms with van der Waals surface area (Å²) in [4.78, 5) is 36.1. The second-order valence-corrected chi connectivity index (χ2v) is 12.6. The second kappa shape index (κ2) is 12.0. The van der Waals surface area contributed by atoms with Crippen molar-refractivity contribution < 1.29 is 19.1 Å². The number of unbranched alkanes of at least 4 members (excludes halogenated alkanes) is 2. The van der Waals surface area contributed by atoms with Gasteiger partial charge in [-0.05, 0) is 112 Å². The molecule has 0 aromatic carbocycles. The van der Waals surface area contributed by atoms with Crippen LogP contribution in [0.25, 0.3) is 0 Å². The molecule has 1 fully saturated rings. The molecule has 0 N–H and O–H groups in total. The van der Waals surface area contributed by atoms with Crippen molar-refractivity contribution in [2.24, 2.45) is 0 Å². The fourth-order valence-electron chi connectivity index (χ4n) is 5.21. The van der Waals surface area contributed by atoms with Crippen LogP contribution in [-0.2, 0) is 22.3 Å². The van der Waals surface area contributed by atoms with Gasteiger partial charge in [0.1, 0.15) is 17.0 Å². The van der Waals surface area contributed by atoms with Gasteiger partial charge in [-0.2, -0.15) is 0 Å². The van der Waals surface area contributed by atoms with Crippen LogP contribution >= 0.6 is 0 Å². The molecule has 37 heavy (non-hydrogen) atoms. The number of anilines is 1. The normalized spacial score (nSPS) is 20.2. The lowest BCUT2D eigenvalue weighted by molar-refractivity contribution is 0.0208. The Balaban J connectivity index is 1.45. The molecular formula is C29H48N4O4. The Hall–Kier alpha value is -2.35. The smallest absolute Gasteiger partial charge is 0.416 e. The Bertz CT molecular complexity index is 937. The average molecular weight is 517 g/mol. The van der Waals surface area contributed by atoms with Crippen LogP contribution in [0.3, 0.4) is 0 Å². The topological polar surface area (TPSA) is 75.2 Å². The van der Waals surface area contributed by atoms with Crippen LogP contribution < -0.4 is 4.90 Å². The third-order valence-corrected chi connectivity index (χ3v) is 7.06. The molecule has 0 saturated carbocycles. The number of carbonyl (C=O) groups is 2. The van der Waals surface area contributed by atoms with Crippen LogP contribution in [-0.4, -0.2) is 76.9 Å². The molecule has 2 atom stereocenters. The molecule has 2 amide bonds. The van der Waals surface area contributed by atoms with Crippen LogP contribution in [0.15, 0.2) is 12.1 Å².